The predicted molar refractivity (Wildman–Crippen MR) is 150 cm³/mol. The number of fused-ring (bicyclic) bond motifs is 2. The summed E-state index contributed by atoms with van der Waals surface area (Å²) in [5, 5.41) is 9.40. The molecule has 4 aromatic rings. The van der Waals surface area contributed by atoms with Crippen molar-refractivity contribution in [3.05, 3.63) is 69.3 Å². The minimum absolute atomic E-state index is 0.0519. The largest absolute Gasteiger partial charge is 0.477 e. The molecule has 12 heteroatoms. The van der Waals surface area contributed by atoms with Gasteiger partial charge in [-0.25, -0.2) is 14.2 Å². The van der Waals surface area contributed by atoms with Crippen molar-refractivity contribution >= 4 is 39.3 Å². The van der Waals surface area contributed by atoms with Gasteiger partial charge in [0.15, 0.2) is 11.5 Å². The van der Waals surface area contributed by atoms with Crippen LogP contribution in [-0.4, -0.2) is 56.3 Å². The average molecular weight is 599 g/mol. The van der Waals surface area contributed by atoms with E-state index in [9.17, 15) is 14.3 Å². The lowest BCUT2D eigenvalue weighted by Gasteiger charge is -2.33. The number of hydrogen-bond donors (Lipinski definition) is 1. The number of pyridine rings is 1. The van der Waals surface area contributed by atoms with E-state index in [2.05, 4.69) is 20.5 Å². The van der Waals surface area contributed by atoms with Crippen LogP contribution in [-0.2, 0) is 23.6 Å². The molecule has 0 radical (unpaired) electrons. The Morgan fingerprint density at radius 1 is 1.24 bits per heavy atom. The lowest BCUT2D eigenvalue weighted by molar-refractivity contribution is -0.0724. The highest BCUT2D eigenvalue weighted by Crippen LogP contribution is 2.49. The number of carboxylic acid groups (broad SMARTS) is 1. The van der Waals surface area contributed by atoms with Crippen molar-refractivity contribution in [3.8, 4) is 11.5 Å². The Morgan fingerprint density at radius 2 is 2.05 bits per heavy atom. The van der Waals surface area contributed by atoms with Gasteiger partial charge in [-0.1, -0.05) is 23.7 Å². The van der Waals surface area contributed by atoms with E-state index >= 15 is 0 Å². The Morgan fingerprint density at radius 3 is 2.76 bits per heavy atom. The molecule has 3 aliphatic rings. The Labute approximate surface area is 244 Å². The zero-order valence-electron chi connectivity index (χ0n) is 22.3. The summed E-state index contributed by atoms with van der Waals surface area (Å²) in [5.41, 5.74) is 2.25. The van der Waals surface area contributed by atoms with Crippen LogP contribution in [0.2, 0.25) is 5.02 Å². The van der Waals surface area contributed by atoms with Gasteiger partial charge in [-0.3, -0.25) is 9.88 Å². The van der Waals surface area contributed by atoms with Crippen LogP contribution in [0.15, 0.2) is 36.5 Å². The Kier molecular flexibility index (Phi) is 6.65. The molecule has 2 saturated heterocycles. The van der Waals surface area contributed by atoms with E-state index in [0.29, 0.717) is 35.2 Å². The molecule has 0 aliphatic carbocycles. The lowest BCUT2D eigenvalue weighted by atomic mass is 9.88. The molecular weight excluding hydrogens is 571 g/mol. The summed E-state index contributed by atoms with van der Waals surface area (Å²) in [6.07, 6.45) is 4.25. The number of halogens is 2. The molecule has 2 atom stereocenters. The summed E-state index contributed by atoms with van der Waals surface area (Å²) < 4.78 is 34.5. The maximum atomic E-state index is 14.2. The molecule has 1 aromatic carbocycles. The van der Waals surface area contributed by atoms with E-state index in [1.165, 1.54) is 23.6 Å². The quantitative estimate of drug-likeness (QED) is 0.285. The van der Waals surface area contributed by atoms with Gasteiger partial charge in [-0.05, 0) is 50.4 Å². The number of aromatic nitrogens is 3. The van der Waals surface area contributed by atoms with Crippen LogP contribution >= 0.6 is 22.9 Å². The van der Waals surface area contributed by atoms with Crippen molar-refractivity contribution < 1.29 is 28.5 Å². The van der Waals surface area contributed by atoms with Crippen LogP contribution in [0.25, 0.3) is 10.3 Å². The summed E-state index contributed by atoms with van der Waals surface area (Å²) in [7, 11) is 0. The molecule has 0 unspecified atom stereocenters. The van der Waals surface area contributed by atoms with Crippen molar-refractivity contribution in [3.63, 3.8) is 0 Å². The van der Waals surface area contributed by atoms with Gasteiger partial charge in [0.1, 0.15) is 27.0 Å². The van der Waals surface area contributed by atoms with Gasteiger partial charge >= 0.3 is 5.97 Å². The number of aromatic carboxylic acids is 1. The second-order valence-electron chi connectivity index (χ2n) is 10.9. The van der Waals surface area contributed by atoms with Crippen molar-refractivity contribution in [2.75, 3.05) is 19.7 Å². The van der Waals surface area contributed by atoms with E-state index in [1.54, 1.807) is 13.0 Å². The molecule has 2 fully saturated rings. The first kappa shape index (κ1) is 26.6. The summed E-state index contributed by atoms with van der Waals surface area (Å²) in [5.74, 6) is -0.251. The summed E-state index contributed by atoms with van der Waals surface area (Å²) >= 11 is 7.04. The number of carbonyl (C=O) groups is 1. The first-order valence-corrected chi connectivity index (χ1v) is 14.9. The number of para-hydroxylation sites is 1. The highest BCUT2D eigenvalue weighted by Gasteiger charge is 2.42. The summed E-state index contributed by atoms with van der Waals surface area (Å²) in [6, 6.07) is 8.87. The molecule has 3 aliphatic heterocycles. The van der Waals surface area contributed by atoms with E-state index in [4.69, 9.17) is 30.8 Å². The van der Waals surface area contributed by atoms with Crippen molar-refractivity contribution in [2.45, 2.75) is 57.1 Å². The normalized spacial score (nSPS) is 22.8. The fourth-order valence-corrected chi connectivity index (χ4v) is 6.86. The highest BCUT2D eigenvalue weighted by atomic mass is 35.5. The number of nitrogens with zero attached hydrogens (tertiary/aromatic N) is 4. The van der Waals surface area contributed by atoms with Gasteiger partial charge < -0.3 is 23.9 Å². The number of piperidine rings is 1. The van der Waals surface area contributed by atoms with Crippen LogP contribution < -0.4 is 9.47 Å². The molecule has 41 heavy (non-hydrogen) atoms. The Balaban J connectivity index is 1.06. The maximum Gasteiger partial charge on any atom is 0.346 e. The second kappa shape index (κ2) is 10.2. The summed E-state index contributed by atoms with van der Waals surface area (Å²) in [4.78, 5) is 24.1. The number of ether oxygens (including phenoxy) is 3. The maximum absolute atomic E-state index is 14.2. The Hall–Kier alpha value is -3.25. The van der Waals surface area contributed by atoms with Gasteiger partial charge in [0.25, 0.3) is 5.79 Å². The van der Waals surface area contributed by atoms with E-state index in [0.717, 1.165) is 60.7 Å². The fraction of sp³-hybridized carbons (Fsp3) is 0.414. The van der Waals surface area contributed by atoms with Crippen molar-refractivity contribution in [2.24, 2.45) is 0 Å². The first-order valence-electron chi connectivity index (χ1n) is 13.7. The van der Waals surface area contributed by atoms with Gasteiger partial charge in [-0.2, -0.15) is 0 Å². The molecule has 0 amide bonds. The minimum Gasteiger partial charge on any atom is -0.477 e. The number of benzene rings is 1. The number of imidazole rings is 1. The van der Waals surface area contributed by atoms with Crippen LogP contribution in [0.3, 0.4) is 0 Å². The molecule has 1 N–H and O–H groups in total. The number of rotatable bonds is 7. The smallest absolute Gasteiger partial charge is 0.346 e. The van der Waals surface area contributed by atoms with Crippen LogP contribution in [0, 0.1) is 5.82 Å². The first-order chi connectivity index (χ1) is 19.8. The molecular formula is C29H28ClFN4O5S. The molecule has 7 rings (SSSR count). The predicted octanol–water partition coefficient (Wildman–Crippen LogP) is 5.80. The van der Waals surface area contributed by atoms with Gasteiger partial charge in [0, 0.05) is 31.4 Å². The topological polar surface area (TPSA) is 98.9 Å². The third kappa shape index (κ3) is 4.84. The SMILES string of the molecule is C[C@]1(c2cc(F)c(Cl)cn2)Oc2cccc(C3CCN(Cc4nc5sc(C(=O)O)cc5n4C[C@@H]4CCO4)CC3)c2O1. The van der Waals surface area contributed by atoms with E-state index < -0.39 is 17.6 Å². The molecule has 9 nitrogen and oxygen atoms in total. The summed E-state index contributed by atoms with van der Waals surface area (Å²) in [6.45, 7) is 5.60. The molecule has 214 valence electrons. The number of thiophene rings is 1. The van der Waals surface area contributed by atoms with Crippen molar-refractivity contribution in [1.29, 1.82) is 0 Å². The number of carboxylic acids is 1. The molecule has 3 aromatic heterocycles. The zero-order valence-corrected chi connectivity index (χ0v) is 23.9. The van der Waals surface area contributed by atoms with Crippen LogP contribution in [0.1, 0.15) is 58.9 Å². The van der Waals surface area contributed by atoms with Gasteiger partial charge in [0.2, 0.25) is 0 Å². The third-order valence-electron chi connectivity index (χ3n) is 8.19. The number of hydrogen-bond acceptors (Lipinski definition) is 8. The van der Waals surface area contributed by atoms with Crippen LogP contribution in [0.5, 0.6) is 11.5 Å². The molecule has 0 saturated carbocycles. The second-order valence-corrected chi connectivity index (χ2v) is 12.3. The molecule has 0 spiro atoms. The standard InChI is InChI=1S/C29H28ClFN4O5S/c1-29(24-11-20(31)19(30)13-32-24)39-22-4-2-3-18(26(22)40-29)16-5-8-34(9-6-16)15-25-33-27-21(12-23(41-27)28(36)37)35(25)14-17-7-10-38-17/h2-4,11-13,16-17H,5-10,14-15H2,1H3,(H,36,37)/t17-,29-/m0/s1. The minimum atomic E-state index is -1.25. The van der Waals surface area contributed by atoms with Gasteiger partial charge in [-0.15, -0.1) is 11.3 Å². The zero-order chi connectivity index (χ0) is 28.3. The fourth-order valence-electron chi connectivity index (χ4n) is 5.86. The Bertz CT molecular complexity index is 1650. The molecule has 6 heterocycles. The molecule has 0 bridgehead atoms. The average Bonchev–Trinajstić information content (AvgIpc) is 3.59. The third-order valence-corrected chi connectivity index (χ3v) is 9.48. The van der Waals surface area contributed by atoms with Crippen molar-refractivity contribution in [1.82, 2.24) is 19.4 Å². The lowest BCUT2D eigenvalue weighted by Crippen LogP contribution is -2.35. The van der Waals surface area contributed by atoms with Gasteiger partial charge in [0.05, 0.1) is 29.7 Å². The van der Waals surface area contributed by atoms with E-state index in [1.807, 2.05) is 12.1 Å². The monoisotopic (exact) mass is 598 g/mol. The number of likely N-dealkylation sites (tertiary alicyclic amines) is 1. The highest BCUT2D eigenvalue weighted by molar-refractivity contribution is 7.20. The van der Waals surface area contributed by atoms with Crippen LogP contribution in [0.4, 0.5) is 4.39 Å². The van der Waals surface area contributed by atoms with E-state index in [-0.39, 0.29) is 17.0 Å².